The fourth-order valence-corrected chi connectivity index (χ4v) is 2.72. The Bertz CT molecular complexity index is 661. The number of carbonyl (C=O) groups is 1. The molecule has 0 radical (unpaired) electrons. The quantitative estimate of drug-likeness (QED) is 0.803. The summed E-state index contributed by atoms with van der Waals surface area (Å²) in [5.41, 5.74) is 1.35. The molecule has 1 aromatic carbocycles. The molecular weight excluding hydrogens is 298 g/mol. The van der Waals surface area contributed by atoms with Crippen molar-refractivity contribution in [3.63, 3.8) is 0 Å². The molecule has 1 aromatic heterocycles. The monoisotopic (exact) mass is 321 g/mol. The van der Waals surface area contributed by atoms with E-state index in [1.165, 1.54) is 0 Å². The van der Waals surface area contributed by atoms with Crippen molar-refractivity contribution in [2.75, 3.05) is 27.2 Å². The van der Waals surface area contributed by atoms with E-state index in [1.807, 2.05) is 52.3 Å². The first-order valence-electron chi connectivity index (χ1n) is 7.52. The second-order valence-corrected chi connectivity index (χ2v) is 6.87. The summed E-state index contributed by atoms with van der Waals surface area (Å²) in [5, 5.41) is 4.71. The van der Waals surface area contributed by atoms with Crippen molar-refractivity contribution in [2.24, 2.45) is 0 Å². The van der Waals surface area contributed by atoms with Crippen LogP contribution < -0.4 is 5.32 Å². The Morgan fingerprint density at radius 2 is 2.09 bits per heavy atom. The first-order chi connectivity index (χ1) is 10.3. The summed E-state index contributed by atoms with van der Waals surface area (Å²) in [6, 6.07) is 5.69. The van der Waals surface area contributed by atoms with Gasteiger partial charge >= 0.3 is 0 Å². The normalized spacial score (nSPS) is 12.1. The molecular formula is C17H24ClN3O. The molecule has 120 valence electrons. The molecule has 1 amide bonds. The van der Waals surface area contributed by atoms with Gasteiger partial charge in [0.25, 0.3) is 0 Å². The molecule has 0 atom stereocenters. The number of aromatic amines is 1. The summed E-state index contributed by atoms with van der Waals surface area (Å²) < 4.78 is 0. The minimum Gasteiger partial charge on any atom is -0.361 e. The van der Waals surface area contributed by atoms with Crippen molar-refractivity contribution in [1.29, 1.82) is 0 Å². The highest BCUT2D eigenvalue weighted by atomic mass is 35.5. The number of fused-ring (bicyclic) bond motifs is 1. The summed E-state index contributed by atoms with van der Waals surface area (Å²) in [7, 11) is 4.06. The van der Waals surface area contributed by atoms with Gasteiger partial charge in [0.15, 0.2) is 0 Å². The van der Waals surface area contributed by atoms with Crippen LogP contribution in [-0.4, -0.2) is 43.0 Å². The van der Waals surface area contributed by atoms with Gasteiger partial charge in [0.2, 0.25) is 5.91 Å². The second-order valence-electron chi connectivity index (χ2n) is 6.43. The molecule has 2 rings (SSSR count). The van der Waals surface area contributed by atoms with E-state index in [0.717, 1.165) is 29.4 Å². The van der Waals surface area contributed by atoms with Crippen molar-refractivity contribution in [1.82, 2.24) is 15.2 Å². The van der Waals surface area contributed by atoms with E-state index in [4.69, 9.17) is 11.6 Å². The van der Waals surface area contributed by atoms with E-state index in [-0.39, 0.29) is 5.91 Å². The van der Waals surface area contributed by atoms with Crippen molar-refractivity contribution in [3.05, 3.63) is 35.0 Å². The smallest absolute Gasteiger partial charge is 0.230 e. The molecule has 0 unspecified atom stereocenters. The van der Waals surface area contributed by atoms with Crippen LogP contribution in [0.4, 0.5) is 0 Å². The Kier molecular flexibility index (Phi) is 5.14. The molecule has 1 heterocycles. The Hall–Kier alpha value is -1.52. The van der Waals surface area contributed by atoms with E-state index in [9.17, 15) is 4.79 Å². The zero-order valence-corrected chi connectivity index (χ0v) is 14.4. The highest BCUT2D eigenvalue weighted by Gasteiger charge is 2.31. The summed E-state index contributed by atoms with van der Waals surface area (Å²) >= 11 is 6.09. The van der Waals surface area contributed by atoms with E-state index in [0.29, 0.717) is 11.6 Å². The van der Waals surface area contributed by atoms with Gasteiger partial charge in [-0.05, 0) is 64.7 Å². The molecule has 0 bridgehead atoms. The fourth-order valence-electron chi connectivity index (χ4n) is 2.55. The molecule has 2 N–H and O–H groups in total. The number of benzene rings is 1. The number of carbonyl (C=O) groups excluding carboxylic acids is 1. The van der Waals surface area contributed by atoms with Crippen LogP contribution in [0.3, 0.4) is 0 Å². The lowest BCUT2D eigenvalue weighted by Gasteiger charge is -2.23. The third-order valence-corrected chi connectivity index (χ3v) is 4.19. The van der Waals surface area contributed by atoms with Crippen LogP contribution in [0.5, 0.6) is 0 Å². The highest BCUT2D eigenvalue weighted by molar-refractivity contribution is 6.31. The highest BCUT2D eigenvalue weighted by Crippen LogP contribution is 2.32. The third kappa shape index (κ3) is 3.62. The molecule has 5 heteroatoms. The maximum absolute atomic E-state index is 12.6. The zero-order valence-electron chi connectivity index (χ0n) is 13.7. The summed E-state index contributed by atoms with van der Waals surface area (Å²) in [5.74, 6) is 0.0344. The van der Waals surface area contributed by atoms with Gasteiger partial charge in [0.1, 0.15) is 0 Å². The number of nitrogens with one attached hydrogen (secondary N) is 2. The van der Waals surface area contributed by atoms with E-state index >= 15 is 0 Å². The van der Waals surface area contributed by atoms with Crippen LogP contribution in [-0.2, 0) is 10.2 Å². The van der Waals surface area contributed by atoms with Gasteiger partial charge in [-0.15, -0.1) is 0 Å². The third-order valence-electron chi connectivity index (χ3n) is 3.95. The number of aromatic nitrogens is 1. The summed E-state index contributed by atoms with van der Waals surface area (Å²) in [4.78, 5) is 17.9. The average Bonchev–Trinajstić information content (AvgIpc) is 2.86. The Labute approximate surface area is 136 Å². The Morgan fingerprint density at radius 3 is 2.77 bits per heavy atom. The zero-order chi connectivity index (χ0) is 16.3. The number of halogens is 1. The number of nitrogens with zero attached hydrogens (tertiary/aromatic N) is 1. The topological polar surface area (TPSA) is 48.1 Å². The molecule has 0 aliphatic rings. The predicted octanol–water partition coefficient (Wildman–Crippen LogP) is 3.17. The predicted molar refractivity (Wildman–Crippen MR) is 92.5 cm³/mol. The standard InChI is InChI=1S/C17H24ClN3O/c1-17(2,16(22)19-8-5-9-21(3)4)14-11-20-15-7-6-12(18)10-13(14)15/h6-7,10-11,20H,5,8-9H2,1-4H3,(H,19,22). The van der Waals surface area contributed by atoms with Crippen LogP contribution in [0.1, 0.15) is 25.8 Å². The van der Waals surface area contributed by atoms with Gasteiger partial charge in [-0.1, -0.05) is 11.6 Å². The Balaban J connectivity index is 2.14. The molecule has 22 heavy (non-hydrogen) atoms. The SMILES string of the molecule is CN(C)CCCNC(=O)C(C)(C)c1c[nH]c2ccc(Cl)cc12. The number of amides is 1. The first kappa shape index (κ1) is 16.8. The molecule has 0 spiro atoms. The molecule has 0 fully saturated rings. The second kappa shape index (κ2) is 6.71. The number of hydrogen-bond donors (Lipinski definition) is 2. The van der Waals surface area contributed by atoms with E-state index in [2.05, 4.69) is 15.2 Å². The maximum atomic E-state index is 12.6. The van der Waals surface area contributed by atoms with Crippen molar-refractivity contribution in [3.8, 4) is 0 Å². The summed E-state index contributed by atoms with van der Waals surface area (Å²) in [6.45, 7) is 5.53. The van der Waals surface area contributed by atoms with Crippen molar-refractivity contribution < 1.29 is 4.79 Å². The van der Waals surface area contributed by atoms with Gasteiger partial charge < -0.3 is 15.2 Å². The van der Waals surface area contributed by atoms with Gasteiger partial charge in [0.05, 0.1) is 5.41 Å². The van der Waals surface area contributed by atoms with Crippen LogP contribution in [0.2, 0.25) is 5.02 Å². The molecule has 0 aliphatic heterocycles. The minimum atomic E-state index is -0.610. The van der Waals surface area contributed by atoms with Crippen LogP contribution in [0.25, 0.3) is 10.9 Å². The van der Waals surface area contributed by atoms with Crippen LogP contribution >= 0.6 is 11.6 Å². The molecule has 0 saturated heterocycles. The van der Waals surface area contributed by atoms with Gasteiger partial charge in [0, 0.05) is 28.7 Å². The lowest BCUT2D eigenvalue weighted by molar-refractivity contribution is -0.125. The lowest BCUT2D eigenvalue weighted by Crippen LogP contribution is -2.40. The Morgan fingerprint density at radius 1 is 1.36 bits per heavy atom. The van der Waals surface area contributed by atoms with Gasteiger partial charge in [-0.3, -0.25) is 4.79 Å². The number of H-pyrrole nitrogens is 1. The van der Waals surface area contributed by atoms with E-state index in [1.54, 1.807) is 0 Å². The summed E-state index contributed by atoms with van der Waals surface area (Å²) in [6.07, 6.45) is 2.84. The molecule has 2 aromatic rings. The van der Waals surface area contributed by atoms with Crippen LogP contribution in [0.15, 0.2) is 24.4 Å². The lowest BCUT2D eigenvalue weighted by atomic mass is 9.83. The molecule has 0 saturated carbocycles. The van der Waals surface area contributed by atoms with Gasteiger partial charge in [-0.2, -0.15) is 0 Å². The van der Waals surface area contributed by atoms with Crippen molar-refractivity contribution in [2.45, 2.75) is 25.7 Å². The van der Waals surface area contributed by atoms with E-state index < -0.39 is 5.41 Å². The van der Waals surface area contributed by atoms with Gasteiger partial charge in [-0.25, -0.2) is 0 Å². The molecule has 4 nitrogen and oxygen atoms in total. The minimum absolute atomic E-state index is 0.0344. The van der Waals surface area contributed by atoms with Crippen molar-refractivity contribution >= 4 is 28.4 Å². The van der Waals surface area contributed by atoms with Crippen LogP contribution in [0, 0.1) is 0 Å². The maximum Gasteiger partial charge on any atom is 0.230 e. The number of hydrogen-bond acceptors (Lipinski definition) is 2. The first-order valence-corrected chi connectivity index (χ1v) is 7.90. The largest absolute Gasteiger partial charge is 0.361 e. The fraction of sp³-hybridized carbons (Fsp3) is 0.471. The average molecular weight is 322 g/mol. The molecule has 0 aliphatic carbocycles. The number of rotatable bonds is 6.